The van der Waals surface area contributed by atoms with Gasteiger partial charge < -0.3 is 5.11 Å². The quantitative estimate of drug-likeness (QED) is 0.693. The van der Waals surface area contributed by atoms with Crippen molar-refractivity contribution in [2.45, 2.75) is 38.7 Å². The van der Waals surface area contributed by atoms with Crippen LogP contribution in [0.5, 0.6) is 0 Å². The predicted molar refractivity (Wildman–Crippen MR) is 63.7 cm³/mol. The summed E-state index contributed by atoms with van der Waals surface area (Å²) >= 11 is 0. The summed E-state index contributed by atoms with van der Waals surface area (Å²) in [5.41, 5.74) is 4.09. The van der Waals surface area contributed by atoms with Crippen molar-refractivity contribution < 1.29 is 5.11 Å². The van der Waals surface area contributed by atoms with Crippen LogP contribution in [-0.4, -0.2) is 11.2 Å². The van der Waals surface area contributed by atoms with Crippen LogP contribution in [-0.2, 0) is 6.42 Å². The SMILES string of the molecule is CC(O)/C=C1/CCCCc2ccccc21. The number of allylic oxidation sites excluding steroid dienone is 1. The van der Waals surface area contributed by atoms with Crippen LogP contribution >= 0.6 is 0 Å². The highest BCUT2D eigenvalue weighted by Gasteiger charge is 2.11. The van der Waals surface area contributed by atoms with Gasteiger partial charge in [-0.1, -0.05) is 30.3 Å². The van der Waals surface area contributed by atoms with E-state index in [4.69, 9.17) is 0 Å². The van der Waals surface area contributed by atoms with Crippen LogP contribution in [0.25, 0.3) is 5.57 Å². The molecule has 1 nitrogen and oxygen atoms in total. The summed E-state index contributed by atoms with van der Waals surface area (Å²) in [6.07, 6.45) is 6.41. The van der Waals surface area contributed by atoms with Gasteiger partial charge >= 0.3 is 0 Å². The van der Waals surface area contributed by atoms with E-state index in [0.29, 0.717) is 0 Å². The summed E-state index contributed by atoms with van der Waals surface area (Å²) in [4.78, 5) is 0. The maximum atomic E-state index is 9.45. The maximum Gasteiger partial charge on any atom is 0.0698 e. The summed E-state index contributed by atoms with van der Waals surface area (Å²) in [5.74, 6) is 0. The van der Waals surface area contributed by atoms with Gasteiger partial charge in [-0.3, -0.25) is 0 Å². The topological polar surface area (TPSA) is 20.2 Å². The average Bonchev–Trinajstić information content (AvgIpc) is 2.41. The van der Waals surface area contributed by atoms with Crippen LogP contribution in [0.4, 0.5) is 0 Å². The third-order valence-electron chi connectivity index (χ3n) is 2.95. The summed E-state index contributed by atoms with van der Waals surface area (Å²) in [6, 6.07) is 8.57. The number of aliphatic hydroxyl groups excluding tert-OH is 1. The monoisotopic (exact) mass is 202 g/mol. The molecule has 0 saturated heterocycles. The Morgan fingerprint density at radius 1 is 1.20 bits per heavy atom. The molecular formula is C14H18O. The third-order valence-corrected chi connectivity index (χ3v) is 2.95. The molecule has 1 aliphatic rings. The number of aliphatic hydroxyl groups is 1. The lowest BCUT2D eigenvalue weighted by Crippen LogP contribution is -1.97. The zero-order valence-electron chi connectivity index (χ0n) is 9.24. The zero-order chi connectivity index (χ0) is 10.7. The molecule has 1 aliphatic carbocycles. The second-order valence-electron chi connectivity index (χ2n) is 4.30. The molecule has 0 amide bonds. The molecule has 0 bridgehead atoms. The van der Waals surface area contributed by atoms with Crippen molar-refractivity contribution in [3.8, 4) is 0 Å². The second-order valence-corrected chi connectivity index (χ2v) is 4.30. The molecular weight excluding hydrogens is 184 g/mol. The molecule has 80 valence electrons. The lowest BCUT2D eigenvalue weighted by molar-refractivity contribution is 0.244. The van der Waals surface area contributed by atoms with Crippen molar-refractivity contribution in [1.82, 2.24) is 0 Å². The molecule has 0 heterocycles. The molecule has 1 aromatic carbocycles. The fourth-order valence-corrected chi connectivity index (χ4v) is 2.28. The van der Waals surface area contributed by atoms with E-state index in [9.17, 15) is 5.11 Å². The fraction of sp³-hybridized carbons (Fsp3) is 0.429. The van der Waals surface area contributed by atoms with E-state index in [1.165, 1.54) is 36.0 Å². The zero-order valence-corrected chi connectivity index (χ0v) is 9.24. The third kappa shape index (κ3) is 2.48. The Bertz CT molecular complexity index is 363. The van der Waals surface area contributed by atoms with Gasteiger partial charge in [-0.05, 0) is 49.3 Å². The smallest absolute Gasteiger partial charge is 0.0698 e. The van der Waals surface area contributed by atoms with Crippen LogP contribution in [0.1, 0.15) is 37.3 Å². The van der Waals surface area contributed by atoms with Gasteiger partial charge in [0.15, 0.2) is 0 Å². The molecule has 1 N–H and O–H groups in total. The first kappa shape index (κ1) is 10.4. The minimum Gasteiger partial charge on any atom is -0.389 e. The first-order valence-electron chi connectivity index (χ1n) is 5.74. The molecule has 0 saturated carbocycles. The van der Waals surface area contributed by atoms with Crippen molar-refractivity contribution in [2.75, 3.05) is 0 Å². The Kier molecular flexibility index (Phi) is 3.22. The Balaban J connectivity index is 2.41. The molecule has 1 heteroatoms. The summed E-state index contributed by atoms with van der Waals surface area (Å²) in [5, 5.41) is 9.45. The second kappa shape index (κ2) is 4.63. The van der Waals surface area contributed by atoms with Gasteiger partial charge in [0, 0.05) is 0 Å². The highest BCUT2D eigenvalue weighted by atomic mass is 16.3. The standard InChI is InChI=1S/C14H18O/c1-11(15)10-13-8-3-2-6-12-7-4-5-9-14(12)13/h4-5,7,9-11,15H,2-3,6,8H2,1H3/b13-10-. The minimum absolute atomic E-state index is 0.342. The molecule has 0 aliphatic heterocycles. The van der Waals surface area contributed by atoms with Gasteiger partial charge in [-0.15, -0.1) is 0 Å². The fourth-order valence-electron chi connectivity index (χ4n) is 2.28. The van der Waals surface area contributed by atoms with Crippen molar-refractivity contribution in [3.05, 3.63) is 41.5 Å². The maximum absolute atomic E-state index is 9.45. The van der Waals surface area contributed by atoms with Crippen LogP contribution in [0.15, 0.2) is 30.3 Å². The van der Waals surface area contributed by atoms with Gasteiger partial charge in [-0.2, -0.15) is 0 Å². The van der Waals surface area contributed by atoms with E-state index in [1.54, 1.807) is 0 Å². The van der Waals surface area contributed by atoms with E-state index in [2.05, 4.69) is 24.3 Å². The minimum atomic E-state index is -0.342. The molecule has 0 radical (unpaired) electrons. The predicted octanol–water partition coefficient (Wildman–Crippen LogP) is 3.18. The van der Waals surface area contributed by atoms with E-state index in [0.717, 1.165) is 6.42 Å². The van der Waals surface area contributed by atoms with E-state index in [1.807, 2.05) is 13.0 Å². The Labute approximate surface area is 91.4 Å². The van der Waals surface area contributed by atoms with Crippen LogP contribution < -0.4 is 0 Å². The lowest BCUT2D eigenvalue weighted by atomic mass is 9.97. The summed E-state index contributed by atoms with van der Waals surface area (Å²) in [6.45, 7) is 1.82. The van der Waals surface area contributed by atoms with E-state index in [-0.39, 0.29) is 6.10 Å². The largest absolute Gasteiger partial charge is 0.389 e. The van der Waals surface area contributed by atoms with Crippen molar-refractivity contribution in [1.29, 1.82) is 0 Å². The van der Waals surface area contributed by atoms with E-state index < -0.39 is 0 Å². The van der Waals surface area contributed by atoms with Gasteiger partial charge in [0.05, 0.1) is 6.10 Å². The number of aryl methyl sites for hydroxylation is 1. The van der Waals surface area contributed by atoms with Crippen molar-refractivity contribution >= 4 is 5.57 Å². The first-order chi connectivity index (χ1) is 7.27. The first-order valence-corrected chi connectivity index (χ1v) is 5.74. The highest BCUT2D eigenvalue weighted by molar-refractivity contribution is 5.69. The normalized spacial score (nSPS) is 20.8. The Morgan fingerprint density at radius 3 is 2.73 bits per heavy atom. The lowest BCUT2D eigenvalue weighted by Gasteiger charge is -2.09. The molecule has 1 atom stereocenters. The molecule has 2 rings (SSSR count). The van der Waals surface area contributed by atoms with Crippen molar-refractivity contribution in [2.24, 2.45) is 0 Å². The molecule has 0 spiro atoms. The molecule has 0 fully saturated rings. The molecule has 1 aromatic rings. The number of benzene rings is 1. The number of fused-ring (bicyclic) bond motifs is 1. The van der Waals surface area contributed by atoms with Gasteiger partial charge in [0.25, 0.3) is 0 Å². The Hall–Kier alpha value is -1.08. The summed E-state index contributed by atoms with van der Waals surface area (Å²) in [7, 11) is 0. The van der Waals surface area contributed by atoms with Gasteiger partial charge in [0.1, 0.15) is 0 Å². The number of hydrogen-bond donors (Lipinski definition) is 1. The molecule has 0 aromatic heterocycles. The molecule has 15 heavy (non-hydrogen) atoms. The van der Waals surface area contributed by atoms with Crippen LogP contribution in [0.3, 0.4) is 0 Å². The van der Waals surface area contributed by atoms with Crippen molar-refractivity contribution in [3.63, 3.8) is 0 Å². The van der Waals surface area contributed by atoms with Crippen LogP contribution in [0.2, 0.25) is 0 Å². The summed E-state index contributed by atoms with van der Waals surface area (Å²) < 4.78 is 0. The molecule has 1 unspecified atom stereocenters. The van der Waals surface area contributed by atoms with Gasteiger partial charge in [-0.25, -0.2) is 0 Å². The average molecular weight is 202 g/mol. The number of hydrogen-bond acceptors (Lipinski definition) is 1. The van der Waals surface area contributed by atoms with Gasteiger partial charge in [0.2, 0.25) is 0 Å². The highest BCUT2D eigenvalue weighted by Crippen LogP contribution is 2.29. The Morgan fingerprint density at radius 2 is 1.93 bits per heavy atom. The number of rotatable bonds is 1. The van der Waals surface area contributed by atoms with Crippen LogP contribution in [0, 0.1) is 0 Å². The van der Waals surface area contributed by atoms with E-state index >= 15 is 0 Å².